The zero-order chi connectivity index (χ0) is 12.5. The summed E-state index contributed by atoms with van der Waals surface area (Å²) in [6, 6.07) is 1.54. The van der Waals surface area contributed by atoms with Gasteiger partial charge in [-0.3, -0.25) is 0 Å². The zero-order valence-corrected chi connectivity index (χ0v) is 12.2. The van der Waals surface area contributed by atoms with Crippen LogP contribution in [0.25, 0.3) is 0 Å². The summed E-state index contributed by atoms with van der Waals surface area (Å²) in [4.78, 5) is 2.54. The van der Waals surface area contributed by atoms with Crippen LogP contribution in [-0.2, 0) is 0 Å². The van der Waals surface area contributed by atoms with Crippen LogP contribution in [0.3, 0.4) is 0 Å². The van der Waals surface area contributed by atoms with Crippen LogP contribution in [0.4, 0.5) is 0 Å². The minimum Gasteiger partial charge on any atom is -0.312 e. The monoisotopic (exact) mass is 240 g/mol. The molecule has 1 aliphatic heterocycles. The zero-order valence-electron chi connectivity index (χ0n) is 12.2. The van der Waals surface area contributed by atoms with Gasteiger partial charge in [0.15, 0.2) is 0 Å². The summed E-state index contributed by atoms with van der Waals surface area (Å²) in [5.74, 6) is 0. The smallest absolute Gasteiger partial charge is 0.0217 e. The summed E-state index contributed by atoms with van der Waals surface area (Å²) in [6.45, 7) is 7.08. The first-order valence-corrected chi connectivity index (χ1v) is 7.71. The molecule has 1 saturated heterocycles. The molecule has 2 heteroatoms. The highest BCUT2D eigenvalue weighted by Crippen LogP contribution is 2.15. The van der Waals surface area contributed by atoms with Crippen molar-refractivity contribution in [2.75, 3.05) is 20.1 Å². The van der Waals surface area contributed by atoms with Gasteiger partial charge in [-0.05, 0) is 39.3 Å². The van der Waals surface area contributed by atoms with Crippen molar-refractivity contribution in [1.82, 2.24) is 10.2 Å². The van der Waals surface area contributed by atoms with E-state index < -0.39 is 0 Å². The van der Waals surface area contributed by atoms with Crippen molar-refractivity contribution in [1.29, 1.82) is 0 Å². The van der Waals surface area contributed by atoms with E-state index >= 15 is 0 Å². The highest BCUT2D eigenvalue weighted by atomic mass is 15.2. The van der Waals surface area contributed by atoms with Crippen LogP contribution < -0.4 is 5.32 Å². The maximum atomic E-state index is 3.81. The highest BCUT2D eigenvalue weighted by Gasteiger charge is 2.19. The van der Waals surface area contributed by atoms with Gasteiger partial charge in [0.2, 0.25) is 0 Å². The van der Waals surface area contributed by atoms with Crippen molar-refractivity contribution in [3.63, 3.8) is 0 Å². The third kappa shape index (κ3) is 5.87. The van der Waals surface area contributed by atoms with Crippen LogP contribution >= 0.6 is 0 Å². The van der Waals surface area contributed by atoms with Gasteiger partial charge in [0.25, 0.3) is 0 Å². The summed E-state index contributed by atoms with van der Waals surface area (Å²) >= 11 is 0. The van der Waals surface area contributed by atoms with Gasteiger partial charge in [-0.2, -0.15) is 0 Å². The molecule has 0 aliphatic carbocycles. The van der Waals surface area contributed by atoms with Crippen molar-refractivity contribution in [3.8, 4) is 0 Å². The second kappa shape index (κ2) is 8.93. The van der Waals surface area contributed by atoms with Crippen LogP contribution in [0.2, 0.25) is 0 Å². The van der Waals surface area contributed by atoms with Gasteiger partial charge in [-0.1, -0.05) is 39.5 Å². The van der Waals surface area contributed by atoms with E-state index in [2.05, 4.69) is 31.1 Å². The van der Waals surface area contributed by atoms with Gasteiger partial charge in [-0.15, -0.1) is 0 Å². The molecular formula is C15H32N2. The molecule has 0 amide bonds. The molecule has 1 heterocycles. The fourth-order valence-corrected chi connectivity index (χ4v) is 2.85. The van der Waals surface area contributed by atoms with Crippen molar-refractivity contribution in [3.05, 3.63) is 0 Å². The molecule has 0 radical (unpaired) electrons. The molecule has 0 aromatic carbocycles. The van der Waals surface area contributed by atoms with Gasteiger partial charge in [0.1, 0.15) is 0 Å². The SMILES string of the molecule is CCCCC(CCC)NCC1CCCCN1C. The molecular weight excluding hydrogens is 208 g/mol. The molecule has 0 bridgehead atoms. The molecule has 0 aromatic rings. The molecule has 102 valence electrons. The van der Waals surface area contributed by atoms with Crippen LogP contribution in [0.15, 0.2) is 0 Å². The molecule has 0 saturated carbocycles. The Balaban J connectivity index is 2.23. The Morgan fingerprint density at radius 3 is 2.65 bits per heavy atom. The van der Waals surface area contributed by atoms with Gasteiger partial charge in [0, 0.05) is 18.6 Å². The molecule has 1 rings (SSSR count). The van der Waals surface area contributed by atoms with Gasteiger partial charge in [-0.25, -0.2) is 0 Å². The minimum atomic E-state index is 0.760. The number of likely N-dealkylation sites (tertiary alicyclic amines) is 1. The average Bonchev–Trinajstić information content (AvgIpc) is 2.34. The van der Waals surface area contributed by atoms with Gasteiger partial charge >= 0.3 is 0 Å². The van der Waals surface area contributed by atoms with E-state index in [4.69, 9.17) is 0 Å². The standard InChI is InChI=1S/C15H32N2/c1-4-6-10-14(9-5-2)16-13-15-11-7-8-12-17(15)3/h14-16H,4-13H2,1-3H3. The minimum absolute atomic E-state index is 0.760. The van der Waals surface area contributed by atoms with Crippen LogP contribution in [0.5, 0.6) is 0 Å². The lowest BCUT2D eigenvalue weighted by Crippen LogP contribution is -2.45. The largest absolute Gasteiger partial charge is 0.312 e. The van der Waals surface area contributed by atoms with E-state index in [-0.39, 0.29) is 0 Å². The van der Waals surface area contributed by atoms with E-state index in [0.29, 0.717) is 0 Å². The summed E-state index contributed by atoms with van der Waals surface area (Å²) in [5.41, 5.74) is 0. The Hall–Kier alpha value is -0.0800. The third-order valence-electron chi connectivity index (χ3n) is 4.11. The molecule has 0 aromatic heterocycles. The van der Waals surface area contributed by atoms with E-state index in [1.807, 2.05) is 0 Å². The topological polar surface area (TPSA) is 15.3 Å². The van der Waals surface area contributed by atoms with Crippen LogP contribution in [0.1, 0.15) is 65.2 Å². The van der Waals surface area contributed by atoms with Gasteiger partial charge < -0.3 is 10.2 Å². The van der Waals surface area contributed by atoms with E-state index in [9.17, 15) is 0 Å². The lowest BCUT2D eigenvalue weighted by molar-refractivity contribution is 0.176. The maximum Gasteiger partial charge on any atom is 0.0217 e. The van der Waals surface area contributed by atoms with Gasteiger partial charge in [0.05, 0.1) is 0 Å². The number of piperidine rings is 1. The number of hydrogen-bond acceptors (Lipinski definition) is 2. The first-order chi connectivity index (χ1) is 8.27. The predicted molar refractivity (Wildman–Crippen MR) is 76.5 cm³/mol. The lowest BCUT2D eigenvalue weighted by atomic mass is 10.0. The summed E-state index contributed by atoms with van der Waals surface area (Å²) < 4.78 is 0. The van der Waals surface area contributed by atoms with Crippen LogP contribution in [0, 0.1) is 0 Å². The molecule has 2 unspecified atom stereocenters. The summed E-state index contributed by atoms with van der Waals surface area (Å²) in [5, 5.41) is 3.81. The number of nitrogens with zero attached hydrogens (tertiary/aromatic N) is 1. The second-order valence-corrected chi connectivity index (χ2v) is 5.67. The maximum absolute atomic E-state index is 3.81. The molecule has 1 aliphatic rings. The van der Waals surface area contributed by atoms with Crippen molar-refractivity contribution in [2.24, 2.45) is 0 Å². The fraction of sp³-hybridized carbons (Fsp3) is 1.00. The van der Waals surface area contributed by atoms with Crippen LogP contribution in [-0.4, -0.2) is 37.1 Å². The van der Waals surface area contributed by atoms with Crippen molar-refractivity contribution >= 4 is 0 Å². The molecule has 2 atom stereocenters. The molecule has 0 spiro atoms. The first kappa shape index (κ1) is 15.0. The summed E-state index contributed by atoms with van der Waals surface area (Å²) in [6.07, 6.45) is 10.9. The average molecular weight is 240 g/mol. The number of rotatable bonds is 8. The molecule has 1 fully saturated rings. The van der Waals surface area contributed by atoms with E-state index in [1.165, 1.54) is 64.5 Å². The summed E-state index contributed by atoms with van der Waals surface area (Å²) in [7, 11) is 2.28. The Kier molecular flexibility index (Phi) is 7.87. The quantitative estimate of drug-likeness (QED) is 0.699. The normalized spacial score (nSPS) is 23.8. The Morgan fingerprint density at radius 1 is 1.18 bits per heavy atom. The first-order valence-electron chi connectivity index (χ1n) is 7.71. The lowest BCUT2D eigenvalue weighted by Gasteiger charge is -2.34. The molecule has 17 heavy (non-hydrogen) atoms. The number of hydrogen-bond donors (Lipinski definition) is 1. The van der Waals surface area contributed by atoms with Crippen molar-refractivity contribution in [2.45, 2.75) is 77.3 Å². The molecule has 1 N–H and O–H groups in total. The van der Waals surface area contributed by atoms with E-state index in [1.54, 1.807) is 0 Å². The number of likely N-dealkylation sites (N-methyl/N-ethyl adjacent to an activating group) is 1. The number of nitrogens with one attached hydrogen (secondary N) is 1. The molecule has 2 nitrogen and oxygen atoms in total. The predicted octanol–water partition coefficient (Wildman–Crippen LogP) is 3.42. The Labute approximate surface area is 108 Å². The fourth-order valence-electron chi connectivity index (χ4n) is 2.85. The highest BCUT2D eigenvalue weighted by molar-refractivity contribution is 4.78. The third-order valence-corrected chi connectivity index (χ3v) is 4.11. The van der Waals surface area contributed by atoms with Crippen molar-refractivity contribution < 1.29 is 0 Å². The second-order valence-electron chi connectivity index (χ2n) is 5.67. The van der Waals surface area contributed by atoms with E-state index in [0.717, 1.165) is 12.1 Å². The Bertz CT molecular complexity index is 182. The number of unbranched alkanes of at least 4 members (excludes halogenated alkanes) is 1. The Morgan fingerprint density at radius 2 is 2.00 bits per heavy atom.